The van der Waals surface area contributed by atoms with Gasteiger partial charge in [-0.3, -0.25) is 9.59 Å². The lowest BCUT2D eigenvalue weighted by atomic mass is 10.00. The Morgan fingerprint density at radius 1 is 1.20 bits per heavy atom. The zero-order valence-corrected chi connectivity index (χ0v) is 14.7. The van der Waals surface area contributed by atoms with E-state index in [9.17, 15) is 9.59 Å². The number of benzene rings is 1. The van der Waals surface area contributed by atoms with Gasteiger partial charge in [-0.25, -0.2) is 0 Å². The zero-order chi connectivity index (χ0) is 17.6. The summed E-state index contributed by atoms with van der Waals surface area (Å²) < 4.78 is 0. The first-order valence-corrected chi connectivity index (χ1v) is 8.85. The fourth-order valence-electron chi connectivity index (χ4n) is 3.41. The van der Waals surface area contributed by atoms with Crippen LogP contribution in [0.25, 0.3) is 16.5 Å². The molecule has 2 amide bonds. The summed E-state index contributed by atoms with van der Waals surface area (Å²) in [5.41, 5.74) is 3.86. The van der Waals surface area contributed by atoms with Crippen LogP contribution in [0.15, 0.2) is 30.3 Å². The standard InChI is InChI=1S/C20H23N3O2/c1-22(2)20(25)18-11-15-8-7-14(10-17(15)21-18)16-4-3-9-23(12-16)19(24)13-5-6-13/h4,7-8,10-11,13,21H,3,5-6,9,12H2,1-2H3. The van der Waals surface area contributed by atoms with Gasteiger partial charge in [0.1, 0.15) is 5.69 Å². The summed E-state index contributed by atoms with van der Waals surface area (Å²) in [6.45, 7) is 1.51. The van der Waals surface area contributed by atoms with Gasteiger partial charge in [0.15, 0.2) is 0 Å². The topological polar surface area (TPSA) is 56.4 Å². The average molecular weight is 337 g/mol. The number of hydrogen-bond donors (Lipinski definition) is 1. The Morgan fingerprint density at radius 2 is 2.00 bits per heavy atom. The summed E-state index contributed by atoms with van der Waals surface area (Å²) in [5, 5.41) is 1.02. The predicted octanol–water partition coefficient (Wildman–Crippen LogP) is 2.90. The van der Waals surface area contributed by atoms with Crippen molar-refractivity contribution in [3.63, 3.8) is 0 Å². The fourth-order valence-corrected chi connectivity index (χ4v) is 3.41. The monoisotopic (exact) mass is 337 g/mol. The molecule has 1 aromatic heterocycles. The molecule has 2 aliphatic rings. The number of nitrogens with zero attached hydrogens (tertiary/aromatic N) is 2. The number of carbonyl (C=O) groups excluding carboxylic acids is 2. The molecule has 0 atom stereocenters. The van der Waals surface area contributed by atoms with Crippen molar-refractivity contribution in [1.29, 1.82) is 0 Å². The number of aromatic nitrogens is 1. The molecule has 0 bridgehead atoms. The molecule has 1 saturated carbocycles. The van der Waals surface area contributed by atoms with E-state index < -0.39 is 0 Å². The number of fused-ring (bicyclic) bond motifs is 1. The Balaban J connectivity index is 1.59. The first-order valence-electron chi connectivity index (χ1n) is 8.85. The van der Waals surface area contributed by atoms with Gasteiger partial charge in [-0.2, -0.15) is 0 Å². The van der Waals surface area contributed by atoms with E-state index in [-0.39, 0.29) is 11.8 Å². The van der Waals surface area contributed by atoms with Crippen molar-refractivity contribution in [2.45, 2.75) is 19.3 Å². The van der Waals surface area contributed by atoms with Crippen LogP contribution in [-0.2, 0) is 4.79 Å². The van der Waals surface area contributed by atoms with Crippen LogP contribution in [0.2, 0.25) is 0 Å². The van der Waals surface area contributed by atoms with Crippen LogP contribution in [0.4, 0.5) is 0 Å². The largest absolute Gasteiger partial charge is 0.351 e. The normalized spacial score (nSPS) is 17.5. The van der Waals surface area contributed by atoms with E-state index in [4.69, 9.17) is 0 Å². The van der Waals surface area contributed by atoms with Gasteiger partial charge < -0.3 is 14.8 Å². The van der Waals surface area contributed by atoms with Crippen molar-refractivity contribution in [3.8, 4) is 0 Å². The Bertz CT molecular complexity index is 874. The highest BCUT2D eigenvalue weighted by Gasteiger charge is 2.34. The number of hydrogen-bond acceptors (Lipinski definition) is 2. The van der Waals surface area contributed by atoms with E-state index in [1.165, 1.54) is 5.57 Å². The molecule has 2 aromatic rings. The minimum absolute atomic E-state index is 0.0316. The second-order valence-corrected chi connectivity index (χ2v) is 7.24. The molecule has 0 radical (unpaired) electrons. The molecule has 1 aliphatic carbocycles. The third-order valence-corrected chi connectivity index (χ3v) is 5.02. The van der Waals surface area contributed by atoms with Gasteiger partial charge in [0.2, 0.25) is 5.91 Å². The smallest absolute Gasteiger partial charge is 0.269 e. The molecular weight excluding hydrogens is 314 g/mol. The Hall–Kier alpha value is -2.56. The van der Waals surface area contributed by atoms with Crippen LogP contribution in [0.1, 0.15) is 35.3 Å². The van der Waals surface area contributed by atoms with Crippen molar-refractivity contribution >= 4 is 28.3 Å². The number of H-pyrrole nitrogens is 1. The fraction of sp³-hybridized carbons (Fsp3) is 0.400. The van der Waals surface area contributed by atoms with Crippen LogP contribution in [0, 0.1) is 5.92 Å². The zero-order valence-electron chi connectivity index (χ0n) is 14.7. The van der Waals surface area contributed by atoms with E-state index in [0.717, 1.165) is 42.3 Å². The molecule has 1 fully saturated rings. The summed E-state index contributed by atoms with van der Waals surface area (Å²) >= 11 is 0. The summed E-state index contributed by atoms with van der Waals surface area (Å²) in [4.78, 5) is 31.2. The molecule has 5 nitrogen and oxygen atoms in total. The van der Waals surface area contributed by atoms with E-state index in [1.54, 1.807) is 19.0 Å². The van der Waals surface area contributed by atoms with Crippen molar-refractivity contribution in [1.82, 2.24) is 14.8 Å². The van der Waals surface area contributed by atoms with E-state index in [0.29, 0.717) is 18.1 Å². The number of nitrogens with one attached hydrogen (secondary N) is 1. The molecule has 25 heavy (non-hydrogen) atoms. The first kappa shape index (κ1) is 15.9. The molecule has 2 heterocycles. The van der Waals surface area contributed by atoms with Crippen LogP contribution < -0.4 is 0 Å². The minimum atomic E-state index is -0.0316. The third kappa shape index (κ3) is 3.06. The highest BCUT2D eigenvalue weighted by Crippen LogP contribution is 2.33. The number of carbonyl (C=O) groups is 2. The van der Waals surface area contributed by atoms with Crippen LogP contribution in [0.5, 0.6) is 0 Å². The lowest BCUT2D eigenvalue weighted by molar-refractivity contribution is -0.132. The van der Waals surface area contributed by atoms with Crippen molar-refractivity contribution in [3.05, 3.63) is 41.6 Å². The summed E-state index contributed by atoms with van der Waals surface area (Å²) in [6.07, 6.45) is 5.23. The quantitative estimate of drug-likeness (QED) is 0.936. The summed E-state index contributed by atoms with van der Waals surface area (Å²) in [6, 6.07) is 8.09. The highest BCUT2D eigenvalue weighted by molar-refractivity contribution is 5.98. The first-order chi connectivity index (χ1) is 12.0. The highest BCUT2D eigenvalue weighted by atomic mass is 16.2. The van der Waals surface area contributed by atoms with Gasteiger partial charge in [0.25, 0.3) is 5.91 Å². The Kier molecular flexibility index (Phi) is 3.86. The maximum Gasteiger partial charge on any atom is 0.269 e. The molecule has 0 spiro atoms. The lowest BCUT2D eigenvalue weighted by Gasteiger charge is -2.27. The Morgan fingerprint density at radius 3 is 2.72 bits per heavy atom. The average Bonchev–Trinajstić information content (AvgIpc) is 3.38. The predicted molar refractivity (Wildman–Crippen MR) is 98.2 cm³/mol. The molecule has 130 valence electrons. The van der Waals surface area contributed by atoms with Gasteiger partial charge in [-0.05, 0) is 42.5 Å². The molecule has 0 saturated heterocycles. The van der Waals surface area contributed by atoms with Crippen LogP contribution >= 0.6 is 0 Å². The van der Waals surface area contributed by atoms with Crippen molar-refractivity contribution in [2.75, 3.05) is 27.2 Å². The maximum absolute atomic E-state index is 12.3. The molecule has 1 aliphatic heterocycles. The van der Waals surface area contributed by atoms with Gasteiger partial charge in [-0.15, -0.1) is 0 Å². The number of aromatic amines is 1. The maximum atomic E-state index is 12.3. The van der Waals surface area contributed by atoms with E-state index in [2.05, 4.69) is 23.2 Å². The number of rotatable bonds is 3. The molecule has 5 heteroatoms. The summed E-state index contributed by atoms with van der Waals surface area (Å²) in [7, 11) is 3.50. The Labute approximate surface area is 147 Å². The van der Waals surface area contributed by atoms with Gasteiger partial charge >= 0.3 is 0 Å². The number of amides is 2. The minimum Gasteiger partial charge on any atom is -0.351 e. The molecule has 1 N–H and O–H groups in total. The van der Waals surface area contributed by atoms with E-state index >= 15 is 0 Å². The van der Waals surface area contributed by atoms with Crippen LogP contribution in [0.3, 0.4) is 0 Å². The van der Waals surface area contributed by atoms with Gasteiger partial charge in [0.05, 0.1) is 0 Å². The van der Waals surface area contributed by atoms with Crippen molar-refractivity contribution in [2.24, 2.45) is 5.92 Å². The molecule has 0 unspecified atom stereocenters. The van der Waals surface area contributed by atoms with Gasteiger partial charge in [0, 0.05) is 44.0 Å². The van der Waals surface area contributed by atoms with E-state index in [1.807, 2.05) is 17.0 Å². The third-order valence-electron chi connectivity index (χ3n) is 5.02. The molecule has 1 aromatic carbocycles. The molecule has 4 rings (SSSR count). The summed E-state index contributed by atoms with van der Waals surface area (Å²) in [5.74, 6) is 0.547. The lowest BCUT2D eigenvalue weighted by Crippen LogP contribution is -2.36. The second kappa shape index (κ2) is 6.06. The molecular formula is C20H23N3O2. The van der Waals surface area contributed by atoms with Crippen molar-refractivity contribution < 1.29 is 9.59 Å². The second-order valence-electron chi connectivity index (χ2n) is 7.24. The van der Waals surface area contributed by atoms with Crippen LogP contribution in [-0.4, -0.2) is 53.8 Å². The van der Waals surface area contributed by atoms with Gasteiger partial charge in [-0.1, -0.05) is 18.2 Å². The SMILES string of the molecule is CN(C)C(=O)c1cc2ccc(C3=CCCN(C(=O)C4CC4)C3)cc2[nH]1.